The molecule has 0 saturated heterocycles. The van der Waals surface area contributed by atoms with E-state index in [1.165, 1.54) is 163 Å². The molecule has 0 bridgehead atoms. The van der Waals surface area contributed by atoms with Crippen LogP contribution < -0.4 is 0 Å². The van der Waals surface area contributed by atoms with Crippen molar-refractivity contribution in [2.45, 2.75) is 238 Å². The molecule has 0 atom stereocenters. The average molecular weight is 819 g/mol. The first kappa shape index (κ1) is 56.9. The van der Waals surface area contributed by atoms with Crippen LogP contribution in [0.4, 0.5) is 0 Å². The molecule has 0 aliphatic heterocycles. The number of rotatable bonds is 33. The van der Waals surface area contributed by atoms with E-state index in [-0.39, 0.29) is 0 Å². The first-order valence-electron chi connectivity index (χ1n) is 24.4. The lowest BCUT2D eigenvalue weighted by atomic mass is 10.0. The van der Waals surface area contributed by atoms with Gasteiger partial charge in [0, 0.05) is 0 Å². The zero-order valence-electron chi connectivity index (χ0n) is 42.5. The Hall–Kier alpha value is -3.12. The van der Waals surface area contributed by atoms with Gasteiger partial charge in [0.25, 0.3) is 0 Å². The fourth-order valence-electron chi connectivity index (χ4n) is 7.22. The van der Waals surface area contributed by atoms with Gasteiger partial charge in [-0.05, 0) is 238 Å². The minimum atomic E-state index is 1.16. The maximum absolute atomic E-state index is 2.47. The monoisotopic (exact) mass is 819 g/mol. The number of hydrogen-bond acceptors (Lipinski definition) is 0. The van der Waals surface area contributed by atoms with Crippen molar-refractivity contribution < 1.29 is 0 Å². The molecule has 338 valence electrons. The molecule has 0 aliphatic rings. The van der Waals surface area contributed by atoms with Crippen LogP contribution in [0, 0.1) is 0 Å². The highest BCUT2D eigenvalue weighted by atomic mass is 14.1. The first-order valence-corrected chi connectivity index (χ1v) is 24.4. The summed E-state index contributed by atoms with van der Waals surface area (Å²) in [7, 11) is 0. The normalized spacial score (nSPS) is 15.1. The molecule has 0 nitrogen and oxygen atoms in total. The third-order valence-corrected chi connectivity index (χ3v) is 11.9. The lowest BCUT2D eigenvalue weighted by Gasteiger charge is -2.04. The molecule has 0 aromatic heterocycles. The van der Waals surface area contributed by atoms with Crippen molar-refractivity contribution in [1.82, 2.24) is 0 Å². The summed E-state index contributed by atoms with van der Waals surface area (Å²) >= 11 is 0. The van der Waals surface area contributed by atoms with Gasteiger partial charge >= 0.3 is 0 Å². The fraction of sp³-hybridized carbons (Fsp3) is 0.600. The van der Waals surface area contributed by atoms with Crippen molar-refractivity contribution in [2.24, 2.45) is 0 Å². The highest BCUT2D eigenvalue weighted by molar-refractivity contribution is 5.12. The Morgan fingerprint density at radius 2 is 0.333 bits per heavy atom. The SMILES string of the molecule is C/C=C(\C)CC/C=C(\C)CC/C=C(\C)CC/C=C(\C)CC/C=C(\C)CC/C=C(\C)CC/C=C(\C)CC/C=C(\C)CC/C=C(\C)CC/C=C(\C)CC/C=C(\C)CCC=C(C)C. The van der Waals surface area contributed by atoms with Crippen LogP contribution >= 0.6 is 0 Å². The molecule has 0 saturated carbocycles. The highest BCUT2D eigenvalue weighted by Crippen LogP contribution is 2.19. The Morgan fingerprint density at radius 3 is 0.467 bits per heavy atom. The van der Waals surface area contributed by atoms with Crippen molar-refractivity contribution in [2.75, 3.05) is 0 Å². The molecule has 0 spiro atoms. The van der Waals surface area contributed by atoms with Gasteiger partial charge in [0.05, 0.1) is 0 Å². The molecule has 0 heteroatoms. The van der Waals surface area contributed by atoms with Gasteiger partial charge < -0.3 is 0 Å². The summed E-state index contributed by atoms with van der Waals surface area (Å²) in [6.07, 6.45) is 55.0. The zero-order valence-corrected chi connectivity index (χ0v) is 42.5. The number of allylic oxidation sites excluding steroid dienone is 24. The fourth-order valence-corrected chi connectivity index (χ4v) is 7.22. The molecular formula is C60H98. The average Bonchev–Trinajstić information content (AvgIpc) is 3.17. The van der Waals surface area contributed by atoms with Crippen molar-refractivity contribution in [3.63, 3.8) is 0 Å². The largest absolute Gasteiger partial charge is 0.0887 e. The van der Waals surface area contributed by atoms with Crippen LogP contribution in [0.5, 0.6) is 0 Å². The minimum absolute atomic E-state index is 1.16. The summed E-state index contributed by atoms with van der Waals surface area (Å²) in [5.74, 6) is 0. The molecule has 0 amide bonds. The number of hydrogen-bond donors (Lipinski definition) is 0. The Bertz CT molecular complexity index is 1550. The van der Waals surface area contributed by atoms with Crippen molar-refractivity contribution in [1.29, 1.82) is 0 Å². The summed E-state index contributed by atoms with van der Waals surface area (Å²) in [5.41, 5.74) is 18.2. The molecule has 0 N–H and O–H groups in total. The van der Waals surface area contributed by atoms with Crippen molar-refractivity contribution in [3.8, 4) is 0 Å². The summed E-state index contributed by atoms with van der Waals surface area (Å²) < 4.78 is 0. The van der Waals surface area contributed by atoms with E-state index in [0.717, 1.165) is 44.9 Å². The highest BCUT2D eigenvalue weighted by Gasteiger charge is 1.99. The first-order chi connectivity index (χ1) is 28.6. The maximum Gasteiger partial charge on any atom is -0.0288 e. The van der Waals surface area contributed by atoms with Crippen LogP contribution in [-0.2, 0) is 0 Å². The van der Waals surface area contributed by atoms with Gasteiger partial charge in [0.2, 0.25) is 0 Å². The molecule has 0 rings (SSSR count). The summed E-state index contributed by atoms with van der Waals surface area (Å²) in [6.45, 7) is 31.8. The molecule has 0 unspecified atom stereocenters. The van der Waals surface area contributed by atoms with Gasteiger partial charge in [-0.25, -0.2) is 0 Å². The van der Waals surface area contributed by atoms with Crippen LogP contribution in [0.3, 0.4) is 0 Å². The molecule has 0 heterocycles. The predicted molar refractivity (Wildman–Crippen MR) is 278 cm³/mol. The van der Waals surface area contributed by atoms with Gasteiger partial charge in [-0.15, -0.1) is 0 Å². The van der Waals surface area contributed by atoms with Crippen LogP contribution in [0.2, 0.25) is 0 Å². The smallest absolute Gasteiger partial charge is 0.0288 e. The third kappa shape index (κ3) is 37.8. The van der Waals surface area contributed by atoms with Crippen LogP contribution in [0.1, 0.15) is 238 Å². The Kier molecular flexibility index (Phi) is 35.7. The van der Waals surface area contributed by atoms with E-state index in [1.807, 2.05) is 0 Å². The molecule has 60 heavy (non-hydrogen) atoms. The van der Waals surface area contributed by atoms with E-state index in [2.05, 4.69) is 170 Å². The molecule has 0 aromatic carbocycles. The van der Waals surface area contributed by atoms with E-state index in [9.17, 15) is 0 Å². The van der Waals surface area contributed by atoms with E-state index < -0.39 is 0 Å². The second-order valence-corrected chi connectivity index (χ2v) is 18.8. The van der Waals surface area contributed by atoms with E-state index in [1.54, 1.807) is 0 Å². The quantitative estimate of drug-likeness (QED) is 0.0579. The van der Waals surface area contributed by atoms with Gasteiger partial charge in [-0.3, -0.25) is 0 Å². The van der Waals surface area contributed by atoms with Crippen LogP contribution in [0.25, 0.3) is 0 Å². The summed E-state index contributed by atoms with van der Waals surface area (Å²) in [6, 6.07) is 0. The second kappa shape index (κ2) is 37.6. The molecule has 0 fully saturated rings. The van der Waals surface area contributed by atoms with Gasteiger partial charge in [-0.2, -0.15) is 0 Å². The lowest BCUT2D eigenvalue weighted by Crippen LogP contribution is -1.84. The topological polar surface area (TPSA) is 0 Å². The molecule has 0 aliphatic carbocycles. The van der Waals surface area contributed by atoms with E-state index in [0.29, 0.717) is 0 Å². The maximum atomic E-state index is 2.47. The van der Waals surface area contributed by atoms with Gasteiger partial charge in [-0.1, -0.05) is 140 Å². The van der Waals surface area contributed by atoms with Gasteiger partial charge in [0.1, 0.15) is 0 Å². The lowest BCUT2D eigenvalue weighted by molar-refractivity contribution is 0.878. The Balaban J connectivity index is 4.27. The van der Waals surface area contributed by atoms with Crippen molar-refractivity contribution >= 4 is 0 Å². The molecule has 0 aromatic rings. The standard InChI is InChI=1S/C60H98/c1-15-50(4)28-17-30-52(6)32-19-34-54(8)36-21-38-56(10)40-23-42-58(12)44-25-46-60(14)48-26-47-59(13)45-24-43-57(11)41-22-39-55(9)37-20-35-53(7)33-18-31-51(5)29-16-27-49(2)3/h15,27,30-31,34-35,38-39,42-43,46-47H,16-26,28-29,32-33,36-37,40-41,44-45,48H2,1-14H3/b50-15+,51-31+,52-30+,53-35+,54-34+,55-39+,56-38+,57-43+,58-42+,59-47+,60-46+. The summed E-state index contributed by atoms with van der Waals surface area (Å²) in [5, 5.41) is 0. The van der Waals surface area contributed by atoms with E-state index in [4.69, 9.17) is 0 Å². The molecular weight excluding hydrogens is 721 g/mol. The second-order valence-electron chi connectivity index (χ2n) is 18.8. The Morgan fingerprint density at radius 1 is 0.200 bits per heavy atom. The van der Waals surface area contributed by atoms with Crippen LogP contribution in [-0.4, -0.2) is 0 Å². The zero-order chi connectivity index (χ0) is 45.0. The van der Waals surface area contributed by atoms with Crippen LogP contribution in [0.15, 0.2) is 140 Å². The summed E-state index contributed by atoms with van der Waals surface area (Å²) in [4.78, 5) is 0. The Labute approximate surface area is 376 Å². The van der Waals surface area contributed by atoms with Crippen molar-refractivity contribution in [3.05, 3.63) is 140 Å². The third-order valence-electron chi connectivity index (χ3n) is 11.9. The molecule has 0 radical (unpaired) electrons. The van der Waals surface area contributed by atoms with E-state index >= 15 is 0 Å². The minimum Gasteiger partial charge on any atom is -0.0887 e. The van der Waals surface area contributed by atoms with Gasteiger partial charge in [0.15, 0.2) is 0 Å². The predicted octanol–water partition coefficient (Wildman–Crippen LogP) is 21.0.